The predicted molar refractivity (Wildman–Crippen MR) is 116 cm³/mol. The van der Waals surface area contributed by atoms with Crippen LogP contribution in [0.3, 0.4) is 0 Å². The van der Waals surface area contributed by atoms with E-state index in [0.29, 0.717) is 26.2 Å². The fraction of sp³-hybridized carbons (Fsp3) is 0.474. The summed E-state index contributed by atoms with van der Waals surface area (Å²) in [5, 5.41) is 4.84. The van der Waals surface area contributed by atoms with E-state index in [-0.39, 0.29) is 29.0 Å². The molecule has 160 valence electrons. The first-order chi connectivity index (χ1) is 13.8. The molecule has 1 atom stereocenters. The molecule has 0 aliphatic carbocycles. The molecular formula is C19H27N3O4S3. The Morgan fingerprint density at radius 1 is 1.07 bits per heavy atom. The second-order valence-corrected chi connectivity index (χ2v) is 12.3. The number of nitrogens with zero attached hydrogens (tertiary/aromatic N) is 2. The van der Waals surface area contributed by atoms with E-state index in [1.807, 2.05) is 37.3 Å². The van der Waals surface area contributed by atoms with Gasteiger partial charge in [0.05, 0.1) is 5.75 Å². The van der Waals surface area contributed by atoms with E-state index in [2.05, 4.69) is 5.32 Å². The maximum Gasteiger partial charge on any atom is 0.252 e. The summed E-state index contributed by atoms with van der Waals surface area (Å²) >= 11 is 1.14. The van der Waals surface area contributed by atoms with Crippen molar-refractivity contribution in [1.29, 1.82) is 0 Å². The maximum absolute atomic E-state index is 13.2. The van der Waals surface area contributed by atoms with Crippen LogP contribution in [0.25, 0.3) is 0 Å². The van der Waals surface area contributed by atoms with Gasteiger partial charge in [0.25, 0.3) is 10.0 Å². The van der Waals surface area contributed by atoms with Gasteiger partial charge in [-0.2, -0.15) is 8.61 Å². The summed E-state index contributed by atoms with van der Waals surface area (Å²) in [7, 11) is -7.27. The number of nitrogens with one attached hydrogen (secondary N) is 1. The first-order valence-corrected chi connectivity index (χ1v) is 13.5. The lowest BCUT2D eigenvalue weighted by Gasteiger charge is -2.29. The van der Waals surface area contributed by atoms with Crippen LogP contribution in [0.2, 0.25) is 0 Å². The van der Waals surface area contributed by atoms with Gasteiger partial charge in [-0.05, 0) is 22.9 Å². The monoisotopic (exact) mass is 457 g/mol. The molecular weight excluding hydrogens is 430 g/mol. The summed E-state index contributed by atoms with van der Waals surface area (Å²) in [5.74, 6) is -0.285. The summed E-state index contributed by atoms with van der Waals surface area (Å²) in [6.45, 7) is 4.17. The van der Waals surface area contributed by atoms with Crippen LogP contribution in [0.5, 0.6) is 0 Å². The van der Waals surface area contributed by atoms with Crippen LogP contribution in [-0.2, 0) is 20.0 Å². The number of thiophene rings is 1. The third-order valence-electron chi connectivity index (χ3n) is 5.00. The molecule has 2 heterocycles. The average molecular weight is 458 g/mol. The molecule has 1 aromatic heterocycles. The summed E-state index contributed by atoms with van der Waals surface area (Å²) in [6.07, 6.45) is 0. The summed E-state index contributed by atoms with van der Waals surface area (Å²) in [4.78, 5) is 0. The van der Waals surface area contributed by atoms with E-state index in [1.54, 1.807) is 17.5 Å². The van der Waals surface area contributed by atoms with E-state index in [0.717, 1.165) is 16.9 Å². The number of hydrogen-bond acceptors (Lipinski definition) is 6. The third-order valence-corrected chi connectivity index (χ3v) is 10.1. The molecule has 0 bridgehead atoms. The number of sulfonamides is 2. The number of piperazine rings is 1. The highest BCUT2D eigenvalue weighted by Crippen LogP contribution is 2.25. The molecule has 2 aromatic rings. The van der Waals surface area contributed by atoms with Gasteiger partial charge in [-0.1, -0.05) is 43.3 Å². The highest BCUT2D eigenvalue weighted by Gasteiger charge is 2.31. The molecule has 0 unspecified atom stereocenters. The molecule has 29 heavy (non-hydrogen) atoms. The first kappa shape index (κ1) is 22.4. The first-order valence-electron chi connectivity index (χ1n) is 9.58. The Morgan fingerprint density at radius 3 is 2.38 bits per heavy atom. The van der Waals surface area contributed by atoms with Gasteiger partial charge in [0.1, 0.15) is 4.21 Å². The summed E-state index contributed by atoms with van der Waals surface area (Å²) < 4.78 is 54.8. The van der Waals surface area contributed by atoms with Crippen molar-refractivity contribution >= 4 is 31.4 Å². The van der Waals surface area contributed by atoms with E-state index in [9.17, 15) is 16.8 Å². The van der Waals surface area contributed by atoms with Crippen LogP contribution < -0.4 is 5.32 Å². The molecule has 1 saturated heterocycles. The van der Waals surface area contributed by atoms with Gasteiger partial charge in [-0.3, -0.25) is 0 Å². The van der Waals surface area contributed by atoms with Crippen molar-refractivity contribution in [2.45, 2.75) is 17.1 Å². The van der Waals surface area contributed by atoms with E-state index in [4.69, 9.17) is 0 Å². The molecule has 1 fully saturated rings. The van der Waals surface area contributed by atoms with Gasteiger partial charge in [0.2, 0.25) is 10.0 Å². The van der Waals surface area contributed by atoms with Crippen LogP contribution in [0.1, 0.15) is 18.4 Å². The van der Waals surface area contributed by atoms with Crippen molar-refractivity contribution in [1.82, 2.24) is 13.9 Å². The van der Waals surface area contributed by atoms with Crippen LogP contribution in [0.15, 0.2) is 52.1 Å². The molecule has 7 nitrogen and oxygen atoms in total. The number of rotatable bonds is 9. The number of hydrogen-bond donors (Lipinski definition) is 1. The Bertz CT molecular complexity index is 971. The second-order valence-electron chi connectivity index (χ2n) is 7.07. The molecule has 1 N–H and O–H groups in total. The molecule has 1 aromatic carbocycles. The molecule has 10 heteroatoms. The van der Waals surface area contributed by atoms with Crippen molar-refractivity contribution in [2.24, 2.45) is 0 Å². The van der Waals surface area contributed by atoms with Gasteiger partial charge < -0.3 is 5.32 Å². The summed E-state index contributed by atoms with van der Waals surface area (Å²) in [5.41, 5.74) is 1.02. The Kier molecular flexibility index (Phi) is 7.47. The van der Waals surface area contributed by atoms with Crippen LogP contribution in [0, 0.1) is 0 Å². The minimum atomic E-state index is -3.76. The lowest BCUT2D eigenvalue weighted by atomic mass is 10.0. The zero-order valence-corrected chi connectivity index (χ0v) is 18.8. The SMILES string of the molecule is C[C@H](CN(CCS(=O)(=O)N1CCNCC1)S(=O)(=O)c1cccs1)c1ccccc1. The number of benzene rings is 1. The van der Waals surface area contributed by atoms with Gasteiger partial charge in [0.15, 0.2) is 0 Å². The Morgan fingerprint density at radius 2 is 1.76 bits per heavy atom. The van der Waals surface area contributed by atoms with Crippen molar-refractivity contribution in [3.8, 4) is 0 Å². The van der Waals surface area contributed by atoms with E-state index >= 15 is 0 Å². The Hall–Kier alpha value is -1.30. The normalized spacial score (nSPS) is 17.4. The highest BCUT2D eigenvalue weighted by atomic mass is 32.2. The Labute approximate surface area is 177 Å². The van der Waals surface area contributed by atoms with Gasteiger partial charge in [0, 0.05) is 39.3 Å². The summed E-state index contributed by atoms with van der Waals surface area (Å²) in [6, 6.07) is 12.9. The van der Waals surface area contributed by atoms with E-state index in [1.165, 1.54) is 8.61 Å². The van der Waals surface area contributed by atoms with Crippen LogP contribution >= 0.6 is 11.3 Å². The quantitative estimate of drug-likeness (QED) is 0.620. The zero-order chi connectivity index (χ0) is 20.9. The van der Waals surface area contributed by atoms with Crippen molar-refractivity contribution in [3.63, 3.8) is 0 Å². The minimum Gasteiger partial charge on any atom is -0.314 e. The average Bonchev–Trinajstić information content (AvgIpc) is 3.28. The van der Waals surface area contributed by atoms with Crippen molar-refractivity contribution in [3.05, 3.63) is 53.4 Å². The minimum absolute atomic E-state index is 0.0622. The second kappa shape index (κ2) is 9.67. The smallest absolute Gasteiger partial charge is 0.252 e. The van der Waals surface area contributed by atoms with Gasteiger partial charge in [-0.25, -0.2) is 16.8 Å². The molecule has 0 radical (unpaired) electrons. The predicted octanol–water partition coefficient (Wildman–Crippen LogP) is 1.78. The zero-order valence-electron chi connectivity index (χ0n) is 16.4. The molecule has 3 rings (SSSR count). The third kappa shape index (κ3) is 5.65. The molecule has 0 spiro atoms. The van der Waals surface area contributed by atoms with Crippen molar-refractivity contribution in [2.75, 3.05) is 45.0 Å². The highest BCUT2D eigenvalue weighted by molar-refractivity contribution is 7.91. The molecule has 1 aliphatic rings. The van der Waals surface area contributed by atoms with Crippen LogP contribution in [0.4, 0.5) is 0 Å². The van der Waals surface area contributed by atoms with E-state index < -0.39 is 20.0 Å². The van der Waals surface area contributed by atoms with Gasteiger partial charge >= 0.3 is 0 Å². The fourth-order valence-electron chi connectivity index (χ4n) is 3.31. The molecule has 0 amide bonds. The standard InChI is InChI=1S/C19H27N3O4S3/c1-17(18-6-3-2-4-7-18)16-22(29(25,26)19-8-5-14-27-19)13-15-28(23,24)21-11-9-20-10-12-21/h2-8,14,17,20H,9-13,15-16H2,1H3/t17-/m1/s1. The van der Waals surface area contributed by atoms with Crippen molar-refractivity contribution < 1.29 is 16.8 Å². The lowest BCUT2D eigenvalue weighted by Crippen LogP contribution is -2.48. The fourth-order valence-corrected chi connectivity index (χ4v) is 7.55. The lowest BCUT2D eigenvalue weighted by molar-refractivity contribution is 0.354. The maximum atomic E-state index is 13.2. The molecule has 0 saturated carbocycles. The largest absolute Gasteiger partial charge is 0.314 e. The Balaban J connectivity index is 1.79. The molecule has 1 aliphatic heterocycles. The topological polar surface area (TPSA) is 86.8 Å². The van der Waals surface area contributed by atoms with Crippen LogP contribution in [-0.4, -0.2) is 70.5 Å². The van der Waals surface area contributed by atoms with Gasteiger partial charge in [-0.15, -0.1) is 11.3 Å².